The maximum Gasteiger partial charge on any atom is 0.159 e. The van der Waals surface area contributed by atoms with E-state index >= 15 is 0 Å². The van der Waals surface area contributed by atoms with Gasteiger partial charge < -0.3 is 5.32 Å². The van der Waals surface area contributed by atoms with Gasteiger partial charge in [0.05, 0.1) is 16.6 Å². The Morgan fingerprint density at radius 2 is 1.95 bits per heavy atom. The van der Waals surface area contributed by atoms with Crippen LogP contribution in [0.1, 0.15) is 49.9 Å². The average molecular weight is 311 g/mol. The van der Waals surface area contributed by atoms with Crippen LogP contribution < -0.4 is 5.32 Å². The Morgan fingerprint density at radius 3 is 2.52 bits per heavy atom. The third-order valence-corrected chi connectivity index (χ3v) is 3.96. The van der Waals surface area contributed by atoms with Crippen molar-refractivity contribution in [2.75, 3.05) is 6.54 Å². The molecule has 0 radical (unpaired) electrons. The van der Waals surface area contributed by atoms with Gasteiger partial charge in [0.1, 0.15) is 0 Å². The van der Waals surface area contributed by atoms with Gasteiger partial charge in [-0.2, -0.15) is 0 Å². The Labute approximate surface area is 127 Å². The third-order valence-electron chi connectivity index (χ3n) is 3.17. The maximum atomic E-state index is 13.5. The van der Waals surface area contributed by atoms with Gasteiger partial charge in [0, 0.05) is 5.41 Å². The van der Waals surface area contributed by atoms with Gasteiger partial charge in [-0.15, -0.1) is 5.10 Å². The smallest absolute Gasteiger partial charge is 0.159 e. The van der Waals surface area contributed by atoms with Crippen molar-refractivity contribution in [2.24, 2.45) is 0 Å². The fourth-order valence-corrected chi connectivity index (χ4v) is 3.13. The molecule has 1 heterocycles. The Balaban J connectivity index is 2.49. The van der Waals surface area contributed by atoms with Crippen molar-refractivity contribution in [1.82, 2.24) is 14.9 Å². The van der Waals surface area contributed by atoms with Crippen LogP contribution in [0.25, 0.3) is 0 Å². The minimum absolute atomic E-state index is 0.158. The number of rotatable bonds is 4. The van der Waals surface area contributed by atoms with E-state index in [1.165, 1.54) is 17.6 Å². The predicted molar refractivity (Wildman–Crippen MR) is 80.5 cm³/mol. The summed E-state index contributed by atoms with van der Waals surface area (Å²) in [4.78, 5) is 0.940. The van der Waals surface area contributed by atoms with Crippen LogP contribution in [-0.4, -0.2) is 16.1 Å². The molecule has 21 heavy (non-hydrogen) atoms. The number of nitrogens with one attached hydrogen (secondary N) is 1. The van der Waals surface area contributed by atoms with Gasteiger partial charge >= 0.3 is 0 Å². The van der Waals surface area contributed by atoms with Crippen molar-refractivity contribution < 1.29 is 8.78 Å². The summed E-state index contributed by atoms with van der Waals surface area (Å²) in [6.07, 6.45) is 0. The number of aromatic nitrogens is 2. The highest BCUT2D eigenvalue weighted by atomic mass is 32.1. The number of hydrogen-bond donors (Lipinski definition) is 1. The molecule has 3 nitrogen and oxygen atoms in total. The van der Waals surface area contributed by atoms with E-state index in [2.05, 4.69) is 35.7 Å². The summed E-state index contributed by atoms with van der Waals surface area (Å²) < 4.78 is 30.7. The molecule has 0 saturated heterocycles. The molecule has 1 atom stereocenters. The van der Waals surface area contributed by atoms with Crippen molar-refractivity contribution in [2.45, 2.75) is 39.2 Å². The zero-order valence-electron chi connectivity index (χ0n) is 12.6. The first kappa shape index (κ1) is 16.0. The van der Waals surface area contributed by atoms with Gasteiger partial charge in [0.2, 0.25) is 0 Å². The molecule has 0 spiro atoms. The highest BCUT2D eigenvalue weighted by molar-refractivity contribution is 7.05. The summed E-state index contributed by atoms with van der Waals surface area (Å²) in [6.45, 7) is 8.84. The Bertz CT molecular complexity index is 620. The molecule has 1 N–H and O–H groups in total. The van der Waals surface area contributed by atoms with Crippen molar-refractivity contribution in [3.05, 3.63) is 46.0 Å². The SMILES string of the molecule is CCNC(c1ccc(F)c(F)c1)c1snnc1C(C)(C)C. The van der Waals surface area contributed by atoms with E-state index in [0.29, 0.717) is 12.1 Å². The van der Waals surface area contributed by atoms with Crippen LogP contribution in [0.4, 0.5) is 8.78 Å². The normalized spacial score (nSPS) is 13.4. The zero-order chi connectivity index (χ0) is 15.6. The van der Waals surface area contributed by atoms with Crippen LogP contribution in [0.15, 0.2) is 18.2 Å². The predicted octanol–water partition coefficient (Wildman–Crippen LogP) is 3.81. The van der Waals surface area contributed by atoms with Crippen LogP contribution in [0.3, 0.4) is 0 Å². The molecule has 0 bridgehead atoms. The molecule has 0 aliphatic heterocycles. The fraction of sp³-hybridized carbons (Fsp3) is 0.467. The number of benzene rings is 1. The third kappa shape index (κ3) is 3.44. The summed E-state index contributed by atoms with van der Waals surface area (Å²) in [6, 6.07) is 3.74. The lowest BCUT2D eigenvalue weighted by atomic mass is 9.89. The first-order valence-electron chi connectivity index (χ1n) is 6.85. The van der Waals surface area contributed by atoms with Crippen LogP contribution in [0, 0.1) is 11.6 Å². The van der Waals surface area contributed by atoms with Gasteiger partial charge in [0.15, 0.2) is 11.6 Å². The minimum Gasteiger partial charge on any atom is -0.306 e. The van der Waals surface area contributed by atoms with Gasteiger partial charge in [0.25, 0.3) is 0 Å². The van der Waals surface area contributed by atoms with Gasteiger partial charge in [-0.25, -0.2) is 8.78 Å². The van der Waals surface area contributed by atoms with Gasteiger partial charge in [-0.05, 0) is 35.8 Å². The molecule has 0 amide bonds. The number of hydrogen-bond acceptors (Lipinski definition) is 4. The molecule has 0 fully saturated rings. The van der Waals surface area contributed by atoms with Crippen LogP contribution in [-0.2, 0) is 5.41 Å². The Hall–Kier alpha value is -1.40. The zero-order valence-corrected chi connectivity index (χ0v) is 13.4. The molecule has 2 aromatic rings. The number of nitrogens with zero attached hydrogens (tertiary/aromatic N) is 2. The first-order chi connectivity index (χ1) is 9.84. The standard InChI is InChI=1S/C15H19F2N3S/c1-5-18-12(9-6-7-10(16)11(17)8-9)13-14(15(2,3)4)19-20-21-13/h6-8,12,18H,5H2,1-4H3. The van der Waals surface area contributed by atoms with E-state index in [4.69, 9.17) is 0 Å². The summed E-state index contributed by atoms with van der Waals surface area (Å²) in [5.74, 6) is -1.68. The van der Waals surface area contributed by atoms with Crippen molar-refractivity contribution >= 4 is 11.5 Å². The molecule has 1 aromatic heterocycles. The quantitative estimate of drug-likeness (QED) is 0.933. The van der Waals surface area contributed by atoms with E-state index < -0.39 is 11.6 Å². The monoisotopic (exact) mass is 311 g/mol. The van der Waals surface area contributed by atoms with E-state index in [1.54, 1.807) is 6.07 Å². The summed E-state index contributed by atoms with van der Waals surface area (Å²) in [5, 5.41) is 7.52. The van der Waals surface area contributed by atoms with E-state index in [1.807, 2.05) is 6.92 Å². The largest absolute Gasteiger partial charge is 0.306 e. The molecule has 114 valence electrons. The second kappa shape index (κ2) is 6.15. The molecule has 2 rings (SSSR count). The van der Waals surface area contributed by atoms with Gasteiger partial charge in [-0.1, -0.05) is 38.2 Å². The molecule has 0 aliphatic rings. The van der Waals surface area contributed by atoms with Crippen molar-refractivity contribution in [3.63, 3.8) is 0 Å². The summed E-state index contributed by atoms with van der Waals surface area (Å²) in [7, 11) is 0. The highest BCUT2D eigenvalue weighted by Gasteiger charge is 2.28. The summed E-state index contributed by atoms with van der Waals surface area (Å²) in [5.41, 5.74) is 1.39. The van der Waals surface area contributed by atoms with Crippen molar-refractivity contribution in [1.29, 1.82) is 0 Å². The minimum atomic E-state index is -0.842. The Morgan fingerprint density at radius 1 is 1.24 bits per heavy atom. The van der Waals surface area contributed by atoms with E-state index in [-0.39, 0.29) is 11.5 Å². The molecule has 0 saturated carbocycles. The summed E-state index contributed by atoms with van der Waals surface area (Å²) >= 11 is 1.29. The molecule has 1 unspecified atom stereocenters. The second-order valence-corrected chi connectivity index (χ2v) is 6.69. The van der Waals surface area contributed by atoms with Crippen LogP contribution in [0.5, 0.6) is 0 Å². The van der Waals surface area contributed by atoms with Gasteiger partial charge in [-0.3, -0.25) is 0 Å². The lowest BCUT2D eigenvalue weighted by molar-refractivity contribution is 0.502. The lowest BCUT2D eigenvalue weighted by Crippen LogP contribution is -2.25. The Kier molecular flexibility index (Phi) is 4.68. The van der Waals surface area contributed by atoms with Crippen molar-refractivity contribution in [3.8, 4) is 0 Å². The molecule has 6 heteroatoms. The molecular weight excluding hydrogens is 292 g/mol. The number of halogens is 2. The van der Waals surface area contributed by atoms with Crippen LogP contribution in [0.2, 0.25) is 0 Å². The van der Waals surface area contributed by atoms with E-state index in [9.17, 15) is 8.78 Å². The van der Waals surface area contributed by atoms with E-state index in [0.717, 1.165) is 16.6 Å². The molecule has 1 aromatic carbocycles. The maximum absolute atomic E-state index is 13.5. The molecule has 0 aliphatic carbocycles. The second-order valence-electron chi connectivity index (χ2n) is 5.90. The first-order valence-corrected chi connectivity index (χ1v) is 7.63. The molecular formula is C15H19F2N3S. The average Bonchev–Trinajstić information content (AvgIpc) is 2.88. The topological polar surface area (TPSA) is 37.8 Å². The highest BCUT2D eigenvalue weighted by Crippen LogP contribution is 2.34. The van der Waals surface area contributed by atoms with Crippen LogP contribution >= 0.6 is 11.5 Å². The fourth-order valence-electron chi connectivity index (χ4n) is 2.16. The lowest BCUT2D eigenvalue weighted by Gasteiger charge is -2.22.